The van der Waals surface area contributed by atoms with Gasteiger partial charge in [-0.2, -0.15) is 4.98 Å². The maximum Gasteiger partial charge on any atom is 0.269 e. The molecular formula is C19H13BrFN3O3S2. The van der Waals surface area contributed by atoms with E-state index in [-0.39, 0.29) is 10.8 Å². The second-order valence-electron chi connectivity index (χ2n) is 5.99. The number of thiophene rings is 1. The van der Waals surface area contributed by atoms with Crippen LogP contribution in [-0.4, -0.2) is 25.6 Å². The van der Waals surface area contributed by atoms with E-state index in [4.69, 9.17) is 4.52 Å². The Bertz CT molecular complexity index is 1250. The number of aromatic nitrogens is 2. The van der Waals surface area contributed by atoms with E-state index in [9.17, 15) is 12.8 Å². The lowest BCUT2D eigenvalue weighted by Crippen LogP contribution is -2.26. The Balaban J connectivity index is 1.70. The van der Waals surface area contributed by atoms with E-state index in [0.717, 1.165) is 14.3 Å². The van der Waals surface area contributed by atoms with Gasteiger partial charge in [-0.25, -0.2) is 12.8 Å². The van der Waals surface area contributed by atoms with E-state index < -0.39 is 15.8 Å². The smallest absolute Gasteiger partial charge is 0.269 e. The molecule has 0 amide bonds. The third kappa shape index (κ3) is 3.83. The van der Waals surface area contributed by atoms with Crippen molar-refractivity contribution in [2.45, 2.75) is 4.90 Å². The van der Waals surface area contributed by atoms with Crippen LogP contribution in [0.15, 0.2) is 73.9 Å². The topological polar surface area (TPSA) is 76.3 Å². The molecule has 4 rings (SSSR count). The van der Waals surface area contributed by atoms with E-state index >= 15 is 0 Å². The molecule has 2 aromatic carbocycles. The standard InChI is InChI=1S/C19H13BrFN3O3S2/c1-24(15-8-6-14(21)7-9-15)29(25,26)16-10-11-28-17(16)19-22-18(23-27-19)12-2-4-13(20)5-3-12/h2-11H,1H3. The number of halogens is 2. The first-order valence-electron chi connectivity index (χ1n) is 8.28. The van der Waals surface area contributed by atoms with Gasteiger partial charge in [0.2, 0.25) is 5.82 Å². The van der Waals surface area contributed by atoms with E-state index in [1.807, 2.05) is 24.3 Å². The minimum Gasteiger partial charge on any atom is -0.333 e. The Morgan fingerprint density at radius 2 is 1.76 bits per heavy atom. The minimum absolute atomic E-state index is 0.0420. The number of hydrogen-bond acceptors (Lipinski definition) is 6. The molecule has 0 aliphatic rings. The van der Waals surface area contributed by atoms with Crippen molar-refractivity contribution in [3.05, 3.63) is 70.3 Å². The molecule has 4 aromatic rings. The van der Waals surface area contributed by atoms with Gasteiger partial charge in [0, 0.05) is 17.1 Å². The lowest BCUT2D eigenvalue weighted by molar-refractivity contribution is 0.432. The van der Waals surface area contributed by atoms with Crippen molar-refractivity contribution in [3.63, 3.8) is 0 Å². The first kappa shape index (κ1) is 19.7. The monoisotopic (exact) mass is 493 g/mol. The fourth-order valence-electron chi connectivity index (χ4n) is 2.63. The van der Waals surface area contributed by atoms with Crippen LogP contribution in [0.5, 0.6) is 0 Å². The first-order chi connectivity index (χ1) is 13.9. The van der Waals surface area contributed by atoms with E-state index in [1.165, 1.54) is 48.7 Å². The average Bonchev–Trinajstić information content (AvgIpc) is 3.38. The summed E-state index contributed by atoms with van der Waals surface area (Å²) in [4.78, 5) is 4.74. The van der Waals surface area contributed by atoms with Crippen molar-refractivity contribution in [1.82, 2.24) is 10.1 Å². The van der Waals surface area contributed by atoms with Gasteiger partial charge in [-0.3, -0.25) is 4.31 Å². The zero-order chi connectivity index (χ0) is 20.6. The second kappa shape index (κ2) is 7.69. The van der Waals surface area contributed by atoms with Crippen LogP contribution >= 0.6 is 27.3 Å². The number of benzene rings is 2. The molecule has 29 heavy (non-hydrogen) atoms. The van der Waals surface area contributed by atoms with Gasteiger partial charge in [-0.1, -0.05) is 21.1 Å². The third-order valence-electron chi connectivity index (χ3n) is 4.18. The highest BCUT2D eigenvalue weighted by Crippen LogP contribution is 2.35. The van der Waals surface area contributed by atoms with Gasteiger partial charge in [0.1, 0.15) is 15.6 Å². The predicted molar refractivity (Wildman–Crippen MR) is 113 cm³/mol. The first-order valence-corrected chi connectivity index (χ1v) is 11.4. The normalized spacial score (nSPS) is 11.6. The molecule has 6 nitrogen and oxygen atoms in total. The van der Waals surface area contributed by atoms with Gasteiger partial charge in [-0.05, 0) is 60.0 Å². The fourth-order valence-corrected chi connectivity index (χ4v) is 5.40. The average molecular weight is 494 g/mol. The van der Waals surface area contributed by atoms with Gasteiger partial charge in [0.05, 0.1) is 5.69 Å². The largest absolute Gasteiger partial charge is 0.333 e. The number of nitrogens with zero attached hydrogens (tertiary/aromatic N) is 3. The summed E-state index contributed by atoms with van der Waals surface area (Å²) in [7, 11) is -2.51. The molecule has 0 saturated heterocycles. The summed E-state index contributed by atoms with van der Waals surface area (Å²) in [6.07, 6.45) is 0. The molecule has 0 fully saturated rings. The van der Waals surface area contributed by atoms with E-state index in [1.54, 1.807) is 5.38 Å². The molecule has 0 unspecified atom stereocenters. The lowest BCUT2D eigenvalue weighted by Gasteiger charge is -2.19. The summed E-state index contributed by atoms with van der Waals surface area (Å²) < 4.78 is 46.8. The molecule has 0 bridgehead atoms. The Morgan fingerprint density at radius 1 is 1.07 bits per heavy atom. The summed E-state index contributed by atoms with van der Waals surface area (Å²) in [6.45, 7) is 0. The highest BCUT2D eigenvalue weighted by atomic mass is 79.9. The predicted octanol–water partition coefficient (Wildman–Crippen LogP) is 5.19. The molecular weight excluding hydrogens is 481 g/mol. The van der Waals surface area contributed by atoms with Crippen molar-refractivity contribution in [3.8, 4) is 22.2 Å². The summed E-state index contributed by atoms with van der Waals surface area (Å²) in [6, 6.07) is 14.1. The molecule has 148 valence electrons. The zero-order valence-corrected chi connectivity index (χ0v) is 18.1. The SMILES string of the molecule is CN(c1ccc(F)cc1)S(=O)(=O)c1ccsc1-c1nc(-c2ccc(Br)cc2)no1. The molecule has 0 aliphatic carbocycles. The second-order valence-corrected chi connectivity index (χ2v) is 9.76. The van der Waals surface area contributed by atoms with Crippen molar-refractivity contribution in [1.29, 1.82) is 0 Å². The molecule has 0 aliphatic heterocycles. The van der Waals surface area contributed by atoms with Crippen LogP contribution in [0.4, 0.5) is 10.1 Å². The highest BCUT2D eigenvalue weighted by Gasteiger charge is 2.28. The fraction of sp³-hybridized carbons (Fsp3) is 0.0526. The maximum atomic E-state index is 13.2. The minimum atomic E-state index is -3.91. The van der Waals surface area contributed by atoms with Gasteiger partial charge < -0.3 is 4.52 Å². The molecule has 0 spiro atoms. The van der Waals surface area contributed by atoms with Crippen molar-refractivity contribution < 1.29 is 17.3 Å². The van der Waals surface area contributed by atoms with E-state index in [2.05, 4.69) is 26.1 Å². The Labute approximate surface area is 178 Å². The van der Waals surface area contributed by atoms with Crippen molar-refractivity contribution in [2.24, 2.45) is 0 Å². The number of rotatable bonds is 5. The summed E-state index contributed by atoms with van der Waals surface area (Å²) in [5.74, 6) is 0.0299. The molecule has 10 heteroatoms. The van der Waals surface area contributed by atoms with Crippen LogP contribution in [-0.2, 0) is 10.0 Å². The summed E-state index contributed by atoms with van der Waals surface area (Å²) in [5.41, 5.74) is 1.08. The van der Waals surface area contributed by atoms with Crippen LogP contribution in [0.25, 0.3) is 22.2 Å². The quantitative estimate of drug-likeness (QED) is 0.382. The Kier molecular flexibility index (Phi) is 5.24. The van der Waals surface area contributed by atoms with Crippen LogP contribution in [0.3, 0.4) is 0 Å². The van der Waals surface area contributed by atoms with E-state index in [0.29, 0.717) is 16.4 Å². The van der Waals surface area contributed by atoms with Gasteiger partial charge in [0.25, 0.3) is 15.9 Å². The number of anilines is 1. The zero-order valence-electron chi connectivity index (χ0n) is 14.9. The molecule has 0 N–H and O–H groups in total. The van der Waals surface area contributed by atoms with Crippen molar-refractivity contribution >= 4 is 43.0 Å². The van der Waals surface area contributed by atoms with Crippen LogP contribution < -0.4 is 4.31 Å². The molecule has 0 saturated carbocycles. The molecule has 0 atom stereocenters. The highest BCUT2D eigenvalue weighted by molar-refractivity contribution is 9.10. The van der Waals surface area contributed by atoms with Crippen LogP contribution in [0.2, 0.25) is 0 Å². The maximum absolute atomic E-state index is 13.2. The lowest BCUT2D eigenvalue weighted by atomic mass is 10.2. The molecule has 2 aromatic heterocycles. The van der Waals surface area contributed by atoms with Gasteiger partial charge >= 0.3 is 0 Å². The van der Waals surface area contributed by atoms with Crippen LogP contribution in [0.1, 0.15) is 0 Å². The van der Waals surface area contributed by atoms with Gasteiger partial charge in [0.15, 0.2) is 0 Å². The third-order valence-corrected chi connectivity index (χ3v) is 7.57. The Hall–Kier alpha value is -2.56. The van der Waals surface area contributed by atoms with Gasteiger partial charge in [-0.15, -0.1) is 11.3 Å². The van der Waals surface area contributed by atoms with Crippen molar-refractivity contribution in [2.75, 3.05) is 11.4 Å². The Morgan fingerprint density at radius 3 is 2.45 bits per heavy atom. The summed E-state index contributed by atoms with van der Waals surface area (Å²) in [5, 5.41) is 5.61. The number of sulfonamides is 1. The number of hydrogen-bond donors (Lipinski definition) is 0. The summed E-state index contributed by atoms with van der Waals surface area (Å²) >= 11 is 4.55. The molecule has 2 heterocycles. The molecule has 0 radical (unpaired) electrons. The van der Waals surface area contributed by atoms with Crippen LogP contribution in [0, 0.1) is 5.82 Å².